The molecule has 88 valence electrons. The van der Waals surface area contributed by atoms with E-state index in [-0.39, 0.29) is 17.5 Å². The van der Waals surface area contributed by atoms with E-state index in [2.05, 4.69) is 15.9 Å². The summed E-state index contributed by atoms with van der Waals surface area (Å²) in [7, 11) is 0. The highest BCUT2D eigenvalue weighted by Gasteiger charge is 2.05. The lowest BCUT2D eigenvalue weighted by atomic mass is 10.2. The molecule has 0 radical (unpaired) electrons. The maximum atomic E-state index is 13.4. The smallest absolute Gasteiger partial charge is 0.315 e. The highest BCUT2D eigenvalue weighted by Crippen LogP contribution is 2.19. The first-order chi connectivity index (χ1) is 7.63. The Hall–Kier alpha value is -0.550. The van der Waals surface area contributed by atoms with Crippen molar-refractivity contribution in [2.75, 3.05) is 12.4 Å². The highest BCUT2D eigenvalue weighted by atomic mass is 79.9. The monoisotopic (exact) mass is 306 g/mol. The topological polar surface area (TPSA) is 26.3 Å². The molecular formula is C11H12BrFO2S. The van der Waals surface area contributed by atoms with Crippen LogP contribution in [0.2, 0.25) is 0 Å². The van der Waals surface area contributed by atoms with E-state index in [0.717, 1.165) is 0 Å². The maximum absolute atomic E-state index is 13.4. The van der Waals surface area contributed by atoms with Crippen LogP contribution in [-0.4, -0.2) is 18.3 Å². The lowest BCUT2D eigenvalue weighted by Crippen LogP contribution is -2.06. The molecule has 0 unspecified atom stereocenters. The van der Waals surface area contributed by atoms with E-state index in [1.807, 2.05) is 0 Å². The Labute approximate surface area is 107 Å². The summed E-state index contributed by atoms with van der Waals surface area (Å²) in [5.41, 5.74) is 0.595. The van der Waals surface area contributed by atoms with Crippen LogP contribution in [0.4, 0.5) is 4.39 Å². The van der Waals surface area contributed by atoms with Gasteiger partial charge in [-0.25, -0.2) is 4.39 Å². The average Bonchev–Trinajstić information content (AvgIpc) is 2.22. The molecule has 5 heteroatoms. The molecule has 0 amide bonds. The predicted octanol–water partition coefficient (Wildman–Crippen LogP) is 3.38. The van der Waals surface area contributed by atoms with E-state index >= 15 is 0 Å². The van der Waals surface area contributed by atoms with Crippen molar-refractivity contribution in [3.8, 4) is 0 Å². The summed E-state index contributed by atoms with van der Waals surface area (Å²) in [5.74, 6) is 0.206. The first kappa shape index (κ1) is 13.5. The summed E-state index contributed by atoms with van der Waals surface area (Å²) in [6.07, 6.45) is 0. The first-order valence-electron chi connectivity index (χ1n) is 4.80. The third-order valence-electron chi connectivity index (χ3n) is 1.80. The fraction of sp³-hybridized carbons (Fsp3) is 0.364. The van der Waals surface area contributed by atoms with Gasteiger partial charge in [-0.1, -0.05) is 22.0 Å². The second-order valence-corrected chi connectivity index (χ2v) is 4.93. The van der Waals surface area contributed by atoms with E-state index < -0.39 is 0 Å². The second kappa shape index (κ2) is 6.91. The molecular weight excluding hydrogens is 295 g/mol. The molecule has 0 aliphatic carbocycles. The van der Waals surface area contributed by atoms with E-state index in [1.165, 1.54) is 17.8 Å². The Balaban J connectivity index is 2.40. The van der Waals surface area contributed by atoms with E-state index in [4.69, 9.17) is 4.74 Å². The Morgan fingerprint density at radius 3 is 2.94 bits per heavy atom. The number of benzene rings is 1. The van der Waals surface area contributed by atoms with Gasteiger partial charge in [-0.2, -0.15) is 0 Å². The van der Waals surface area contributed by atoms with Gasteiger partial charge in [-0.15, -0.1) is 11.8 Å². The van der Waals surface area contributed by atoms with Crippen molar-refractivity contribution < 1.29 is 13.9 Å². The molecule has 0 saturated heterocycles. The van der Waals surface area contributed by atoms with Gasteiger partial charge in [0.25, 0.3) is 0 Å². The average molecular weight is 307 g/mol. The van der Waals surface area contributed by atoms with Crippen LogP contribution in [0.5, 0.6) is 0 Å². The van der Waals surface area contributed by atoms with Crippen LogP contribution in [0.25, 0.3) is 0 Å². The van der Waals surface area contributed by atoms with Crippen molar-refractivity contribution in [1.82, 2.24) is 0 Å². The molecule has 0 bridgehead atoms. The van der Waals surface area contributed by atoms with Crippen LogP contribution in [0.15, 0.2) is 22.7 Å². The number of thioether (sulfide) groups is 1. The lowest BCUT2D eigenvalue weighted by Gasteiger charge is -2.04. The number of ether oxygens (including phenoxy) is 1. The fourth-order valence-electron chi connectivity index (χ4n) is 1.09. The predicted molar refractivity (Wildman–Crippen MR) is 66.9 cm³/mol. The molecule has 0 aliphatic rings. The standard InChI is InChI=1S/C11H12BrFO2S/c1-2-15-11(14)7-16-6-8-3-4-9(12)5-10(8)13/h3-5H,2,6-7H2,1H3. The summed E-state index contributed by atoms with van der Waals surface area (Å²) in [4.78, 5) is 11.0. The molecule has 16 heavy (non-hydrogen) atoms. The van der Waals surface area contributed by atoms with Gasteiger partial charge in [-0.3, -0.25) is 4.79 Å². The zero-order valence-corrected chi connectivity index (χ0v) is 11.2. The van der Waals surface area contributed by atoms with Gasteiger partial charge < -0.3 is 4.74 Å². The minimum absolute atomic E-state index is 0.253. The number of carbonyl (C=O) groups excluding carboxylic acids is 1. The second-order valence-electron chi connectivity index (χ2n) is 3.03. The zero-order valence-electron chi connectivity index (χ0n) is 8.83. The quantitative estimate of drug-likeness (QED) is 0.780. The third kappa shape index (κ3) is 4.53. The minimum Gasteiger partial charge on any atom is -0.465 e. The number of esters is 1. The largest absolute Gasteiger partial charge is 0.465 e. The number of hydrogen-bond acceptors (Lipinski definition) is 3. The molecule has 0 spiro atoms. The van der Waals surface area contributed by atoms with E-state index in [0.29, 0.717) is 22.4 Å². The van der Waals surface area contributed by atoms with Gasteiger partial charge >= 0.3 is 5.97 Å². The normalized spacial score (nSPS) is 10.2. The number of rotatable bonds is 5. The Bertz CT molecular complexity index is 371. The van der Waals surface area contributed by atoms with Crippen molar-refractivity contribution in [3.05, 3.63) is 34.1 Å². The molecule has 0 aliphatic heterocycles. The van der Waals surface area contributed by atoms with Crippen LogP contribution in [-0.2, 0) is 15.3 Å². The van der Waals surface area contributed by atoms with Crippen LogP contribution < -0.4 is 0 Å². The fourth-order valence-corrected chi connectivity index (χ4v) is 2.22. The summed E-state index contributed by atoms with van der Waals surface area (Å²) in [5, 5.41) is 0. The first-order valence-corrected chi connectivity index (χ1v) is 6.75. The lowest BCUT2D eigenvalue weighted by molar-refractivity contribution is -0.139. The third-order valence-corrected chi connectivity index (χ3v) is 3.25. The Morgan fingerprint density at radius 2 is 2.31 bits per heavy atom. The summed E-state index contributed by atoms with van der Waals surface area (Å²) < 4.78 is 18.8. The Kier molecular flexibility index (Phi) is 5.84. The van der Waals surface area contributed by atoms with Gasteiger partial charge in [0.1, 0.15) is 5.82 Å². The Morgan fingerprint density at radius 1 is 1.56 bits per heavy atom. The van der Waals surface area contributed by atoms with E-state index in [1.54, 1.807) is 19.1 Å². The summed E-state index contributed by atoms with van der Waals surface area (Å²) in [6, 6.07) is 4.90. The molecule has 2 nitrogen and oxygen atoms in total. The minimum atomic E-state index is -0.259. The molecule has 0 aromatic heterocycles. The molecule has 0 atom stereocenters. The molecule has 0 saturated carbocycles. The number of hydrogen-bond donors (Lipinski definition) is 0. The van der Waals surface area contributed by atoms with Crippen LogP contribution in [0.3, 0.4) is 0 Å². The summed E-state index contributed by atoms with van der Waals surface area (Å²) >= 11 is 4.53. The molecule has 1 aromatic rings. The maximum Gasteiger partial charge on any atom is 0.315 e. The van der Waals surface area contributed by atoms with Gasteiger partial charge in [0, 0.05) is 10.2 Å². The van der Waals surface area contributed by atoms with Crippen molar-refractivity contribution in [3.63, 3.8) is 0 Å². The number of carbonyl (C=O) groups is 1. The SMILES string of the molecule is CCOC(=O)CSCc1ccc(Br)cc1F. The molecule has 0 heterocycles. The van der Waals surface area contributed by atoms with Gasteiger partial charge in [0.15, 0.2) is 0 Å². The number of halogens is 2. The van der Waals surface area contributed by atoms with Gasteiger partial charge in [0.05, 0.1) is 12.4 Å². The summed E-state index contributed by atoms with van der Waals surface area (Å²) in [6.45, 7) is 2.14. The van der Waals surface area contributed by atoms with Crippen molar-refractivity contribution >= 4 is 33.7 Å². The van der Waals surface area contributed by atoms with E-state index in [9.17, 15) is 9.18 Å². The molecule has 0 fully saturated rings. The highest BCUT2D eigenvalue weighted by molar-refractivity contribution is 9.10. The van der Waals surface area contributed by atoms with Crippen LogP contribution in [0, 0.1) is 5.82 Å². The van der Waals surface area contributed by atoms with Gasteiger partial charge in [0.2, 0.25) is 0 Å². The zero-order chi connectivity index (χ0) is 12.0. The van der Waals surface area contributed by atoms with Crippen molar-refractivity contribution in [2.45, 2.75) is 12.7 Å². The van der Waals surface area contributed by atoms with Crippen molar-refractivity contribution in [2.24, 2.45) is 0 Å². The van der Waals surface area contributed by atoms with Crippen LogP contribution in [0.1, 0.15) is 12.5 Å². The van der Waals surface area contributed by atoms with Crippen LogP contribution >= 0.6 is 27.7 Å². The van der Waals surface area contributed by atoms with Crippen molar-refractivity contribution in [1.29, 1.82) is 0 Å². The van der Waals surface area contributed by atoms with Gasteiger partial charge in [-0.05, 0) is 24.6 Å². The molecule has 1 aromatic carbocycles. The molecule has 1 rings (SSSR count). The molecule has 0 N–H and O–H groups in total.